The second-order valence-corrected chi connectivity index (χ2v) is 8.66. The zero-order chi connectivity index (χ0) is 24.5. The van der Waals surface area contributed by atoms with Gasteiger partial charge < -0.3 is 14.2 Å². The molecule has 1 heterocycles. The molecule has 180 valence electrons. The fourth-order valence-electron chi connectivity index (χ4n) is 4.00. The standard InChI is InChI=1S/C30H30O5/c1-22-11-5-2-10-16-27(31)30-25(18-29(32)35-22)17-26(33-20-23-12-6-3-7-13-23)19-28(30)34-21-24-14-8-4-9-15-24/h2-4,6-10,12-15,17,19,22H,5,11,16,18,20-21H2,1H3/t22-/m0/s1. The molecule has 3 aromatic rings. The number of Topliss-reactive ketones (excluding diaryl/α,β-unsaturated/α-hetero) is 1. The number of allylic oxidation sites excluding steroid dienone is 2. The molecule has 1 atom stereocenters. The van der Waals surface area contributed by atoms with Gasteiger partial charge in [-0.25, -0.2) is 0 Å². The molecule has 0 unspecified atom stereocenters. The predicted molar refractivity (Wildman–Crippen MR) is 135 cm³/mol. The number of benzene rings is 3. The lowest BCUT2D eigenvalue weighted by molar-refractivity contribution is -0.147. The molecule has 0 amide bonds. The molecule has 0 saturated carbocycles. The van der Waals surface area contributed by atoms with Crippen LogP contribution in [0, 0.1) is 0 Å². The molecular weight excluding hydrogens is 440 g/mol. The highest BCUT2D eigenvalue weighted by molar-refractivity contribution is 6.02. The molecule has 0 N–H and O–H groups in total. The smallest absolute Gasteiger partial charge is 0.310 e. The Bertz CT molecular complexity index is 1170. The Morgan fingerprint density at radius 1 is 0.857 bits per heavy atom. The van der Waals surface area contributed by atoms with E-state index in [0.717, 1.165) is 24.0 Å². The Labute approximate surface area is 206 Å². The lowest BCUT2D eigenvalue weighted by atomic mass is 9.97. The van der Waals surface area contributed by atoms with E-state index in [1.165, 1.54) is 0 Å². The van der Waals surface area contributed by atoms with Crippen LogP contribution in [0.1, 0.15) is 53.2 Å². The van der Waals surface area contributed by atoms with Gasteiger partial charge >= 0.3 is 5.97 Å². The summed E-state index contributed by atoms with van der Waals surface area (Å²) in [7, 11) is 0. The molecule has 0 spiro atoms. The van der Waals surface area contributed by atoms with Crippen LogP contribution in [-0.4, -0.2) is 17.9 Å². The van der Waals surface area contributed by atoms with Crippen LogP contribution in [0.4, 0.5) is 0 Å². The first-order valence-corrected chi connectivity index (χ1v) is 12.0. The maximum atomic E-state index is 13.3. The normalized spacial score (nSPS) is 16.4. The van der Waals surface area contributed by atoms with Gasteiger partial charge in [-0.15, -0.1) is 0 Å². The van der Waals surface area contributed by atoms with Crippen molar-refractivity contribution in [2.75, 3.05) is 0 Å². The lowest BCUT2D eigenvalue weighted by Crippen LogP contribution is -2.19. The summed E-state index contributed by atoms with van der Waals surface area (Å²) in [6.45, 7) is 2.54. The number of hydrogen-bond acceptors (Lipinski definition) is 5. The van der Waals surface area contributed by atoms with Crippen LogP contribution >= 0.6 is 0 Å². The summed E-state index contributed by atoms with van der Waals surface area (Å²) in [4.78, 5) is 26.0. The van der Waals surface area contributed by atoms with E-state index in [1.807, 2.05) is 79.7 Å². The quantitative estimate of drug-likeness (QED) is 0.315. The van der Waals surface area contributed by atoms with Crippen LogP contribution in [0.5, 0.6) is 11.5 Å². The number of rotatable bonds is 6. The van der Waals surface area contributed by atoms with Gasteiger partial charge in [0.2, 0.25) is 0 Å². The predicted octanol–water partition coefficient (Wildman–Crippen LogP) is 6.24. The highest BCUT2D eigenvalue weighted by atomic mass is 16.5. The van der Waals surface area contributed by atoms with E-state index in [9.17, 15) is 9.59 Å². The number of fused-ring (bicyclic) bond motifs is 1. The highest BCUT2D eigenvalue weighted by Crippen LogP contribution is 2.32. The molecule has 35 heavy (non-hydrogen) atoms. The lowest BCUT2D eigenvalue weighted by Gasteiger charge is -2.19. The van der Waals surface area contributed by atoms with Gasteiger partial charge in [-0.1, -0.05) is 72.8 Å². The molecule has 1 aliphatic rings. The molecule has 3 aromatic carbocycles. The Balaban J connectivity index is 1.69. The van der Waals surface area contributed by atoms with Crippen molar-refractivity contribution in [3.63, 3.8) is 0 Å². The first-order valence-electron chi connectivity index (χ1n) is 12.0. The molecule has 0 radical (unpaired) electrons. The van der Waals surface area contributed by atoms with Crippen molar-refractivity contribution in [3.05, 3.63) is 107 Å². The number of cyclic esters (lactones) is 1. The minimum absolute atomic E-state index is 0.0284. The summed E-state index contributed by atoms with van der Waals surface area (Å²) >= 11 is 0. The Morgan fingerprint density at radius 3 is 2.20 bits per heavy atom. The van der Waals surface area contributed by atoms with E-state index in [1.54, 1.807) is 12.1 Å². The first kappa shape index (κ1) is 24.3. The topological polar surface area (TPSA) is 61.8 Å². The van der Waals surface area contributed by atoms with E-state index in [4.69, 9.17) is 14.2 Å². The monoisotopic (exact) mass is 470 g/mol. The summed E-state index contributed by atoms with van der Waals surface area (Å²) in [5.41, 5.74) is 2.95. The maximum Gasteiger partial charge on any atom is 0.310 e. The third-order valence-electron chi connectivity index (χ3n) is 5.80. The van der Waals surface area contributed by atoms with Gasteiger partial charge in [-0.3, -0.25) is 9.59 Å². The fraction of sp³-hybridized carbons (Fsp3) is 0.267. The van der Waals surface area contributed by atoms with Crippen molar-refractivity contribution in [1.29, 1.82) is 0 Å². The summed E-state index contributed by atoms with van der Waals surface area (Å²) in [6, 6.07) is 23.1. The Morgan fingerprint density at radius 2 is 1.51 bits per heavy atom. The van der Waals surface area contributed by atoms with Crippen LogP contribution < -0.4 is 9.47 Å². The largest absolute Gasteiger partial charge is 0.489 e. The number of ether oxygens (including phenoxy) is 3. The zero-order valence-electron chi connectivity index (χ0n) is 19.9. The van der Waals surface area contributed by atoms with Gasteiger partial charge in [0.05, 0.1) is 18.1 Å². The number of carbonyl (C=O) groups excluding carboxylic acids is 2. The van der Waals surface area contributed by atoms with Crippen molar-refractivity contribution < 1.29 is 23.8 Å². The molecule has 0 aliphatic carbocycles. The third-order valence-corrected chi connectivity index (χ3v) is 5.80. The minimum atomic E-state index is -0.370. The van der Waals surface area contributed by atoms with E-state index >= 15 is 0 Å². The number of esters is 1. The molecule has 0 fully saturated rings. The molecule has 5 nitrogen and oxygen atoms in total. The van der Waals surface area contributed by atoms with E-state index in [0.29, 0.717) is 35.8 Å². The van der Waals surface area contributed by atoms with Gasteiger partial charge in [-0.2, -0.15) is 0 Å². The summed E-state index contributed by atoms with van der Waals surface area (Å²) in [6.07, 6.45) is 5.32. The van der Waals surface area contributed by atoms with Crippen molar-refractivity contribution in [2.45, 2.75) is 51.9 Å². The fourth-order valence-corrected chi connectivity index (χ4v) is 4.00. The van der Waals surface area contributed by atoms with Gasteiger partial charge in [0.25, 0.3) is 0 Å². The summed E-state index contributed by atoms with van der Waals surface area (Å²) in [5.74, 6) is 0.471. The van der Waals surface area contributed by atoms with Crippen LogP contribution in [0.2, 0.25) is 0 Å². The van der Waals surface area contributed by atoms with E-state index in [-0.39, 0.29) is 30.7 Å². The van der Waals surface area contributed by atoms with Crippen molar-refractivity contribution >= 4 is 11.8 Å². The van der Waals surface area contributed by atoms with Gasteiger partial charge in [0, 0.05) is 12.5 Å². The molecule has 1 aliphatic heterocycles. The Kier molecular flexibility index (Phi) is 8.34. The van der Waals surface area contributed by atoms with Crippen LogP contribution in [0.3, 0.4) is 0 Å². The van der Waals surface area contributed by atoms with E-state index in [2.05, 4.69) is 0 Å². The highest BCUT2D eigenvalue weighted by Gasteiger charge is 2.23. The zero-order valence-corrected chi connectivity index (χ0v) is 19.9. The number of ketones is 1. The third kappa shape index (κ3) is 7.06. The number of carbonyl (C=O) groups is 2. The summed E-state index contributed by atoms with van der Waals surface area (Å²) in [5, 5.41) is 0. The van der Waals surface area contributed by atoms with Gasteiger partial charge in [0.1, 0.15) is 24.7 Å². The Hall–Kier alpha value is -3.86. The van der Waals surface area contributed by atoms with Crippen LogP contribution in [0.15, 0.2) is 84.9 Å². The summed E-state index contributed by atoms with van der Waals surface area (Å²) < 4.78 is 17.8. The second-order valence-electron chi connectivity index (χ2n) is 8.66. The number of hydrogen-bond donors (Lipinski definition) is 0. The van der Waals surface area contributed by atoms with Gasteiger partial charge in [-0.05, 0) is 42.5 Å². The first-order chi connectivity index (χ1) is 17.1. The van der Waals surface area contributed by atoms with Crippen molar-refractivity contribution in [2.24, 2.45) is 0 Å². The molecule has 0 saturated heterocycles. The van der Waals surface area contributed by atoms with Crippen molar-refractivity contribution in [3.8, 4) is 11.5 Å². The average Bonchev–Trinajstić information content (AvgIpc) is 2.86. The molecule has 0 bridgehead atoms. The molecule has 4 rings (SSSR count). The maximum absolute atomic E-state index is 13.3. The van der Waals surface area contributed by atoms with Crippen molar-refractivity contribution in [1.82, 2.24) is 0 Å². The van der Waals surface area contributed by atoms with Crippen LogP contribution in [0.25, 0.3) is 0 Å². The molecular formula is C30H30O5. The SMILES string of the molecule is C[C@H]1CCC=CCC(=O)c2c(cc(OCc3ccccc3)cc2OCc2ccccc2)CC(=O)O1. The minimum Gasteiger partial charge on any atom is -0.489 e. The van der Waals surface area contributed by atoms with E-state index < -0.39 is 0 Å². The molecule has 5 heteroatoms. The van der Waals surface area contributed by atoms with Gasteiger partial charge in [0.15, 0.2) is 5.78 Å². The second kappa shape index (κ2) is 12.0. The molecule has 0 aromatic heterocycles. The average molecular weight is 471 g/mol. The van der Waals surface area contributed by atoms with Crippen LogP contribution in [-0.2, 0) is 29.2 Å².